The fourth-order valence-electron chi connectivity index (χ4n) is 3.95. The molecule has 5 nitrogen and oxygen atoms in total. The zero-order chi connectivity index (χ0) is 16.1. The molecular weight excluding hydrogens is 336 g/mol. The van der Waals surface area contributed by atoms with E-state index in [9.17, 15) is 4.79 Å². The minimum absolute atomic E-state index is 0. The Bertz CT molecular complexity index is 969. The zero-order valence-corrected chi connectivity index (χ0v) is 14.5. The van der Waals surface area contributed by atoms with Crippen LogP contribution in [0.15, 0.2) is 30.3 Å². The number of hydrogen-bond acceptors (Lipinski definition) is 3. The molecule has 2 aliphatic rings. The van der Waals surface area contributed by atoms with Gasteiger partial charge in [-0.05, 0) is 35.4 Å². The average Bonchev–Trinajstić information content (AvgIpc) is 3.23. The number of H-pyrrole nitrogens is 1. The predicted octanol–water partition coefficient (Wildman–Crippen LogP) is 2.98. The normalized spacial score (nSPS) is 14.9. The molecule has 2 aromatic carbocycles. The number of aromatic amines is 1. The van der Waals surface area contributed by atoms with Gasteiger partial charge in [0.05, 0.1) is 0 Å². The fourth-order valence-corrected chi connectivity index (χ4v) is 3.95. The minimum Gasteiger partial charge on any atom is -0.320 e. The number of halogens is 1. The third-order valence-electron chi connectivity index (χ3n) is 5.15. The molecule has 0 atom stereocenters. The predicted molar refractivity (Wildman–Crippen MR) is 101 cm³/mol. The summed E-state index contributed by atoms with van der Waals surface area (Å²) in [4.78, 5) is 12.8. The van der Waals surface area contributed by atoms with E-state index in [2.05, 4.69) is 45.1 Å². The molecule has 3 aromatic rings. The van der Waals surface area contributed by atoms with Crippen LogP contribution in [0, 0.1) is 0 Å². The van der Waals surface area contributed by atoms with Gasteiger partial charge in [0.25, 0.3) is 5.91 Å². The summed E-state index contributed by atoms with van der Waals surface area (Å²) in [6, 6.07) is 10.5. The molecule has 0 radical (unpaired) electrons. The number of carbonyl (C=O) groups is 1. The van der Waals surface area contributed by atoms with E-state index >= 15 is 0 Å². The number of carbonyl (C=O) groups excluding carboxylic acids is 1. The van der Waals surface area contributed by atoms with Crippen molar-refractivity contribution in [1.29, 1.82) is 0 Å². The van der Waals surface area contributed by atoms with Crippen molar-refractivity contribution >= 4 is 34.8 Å². The molecule has 3 N–H and O–H groups in total. The second-order valence-corrected chi connectivity index (χ2v) is 6.52. The number of aryl methyl sites for hydroxylation is 2. The van der Waals surface area contributed by atoms with E-state index in [0.717, 1.165) is 48.1 Å². The van der Waals surface area contributed by atoms with Gasteiger partial charge >= 0.3 is 0 Å². The fraction of sp³-hybridized carbons (Fsp3) is 0.263. The first-order chi connectivity index (χ1) is 11.8. The highest BCUT2D eigenvalue weighted by atomic mass is 35.5. The van der Waals surface area contributed by atoms with Crippen LogP contribution in [-0.4, -0.2) is 22.6 Å². The molecule has 1 aliphatic heterocycles. The number of anilines is 1. The van der Waals surface area contributed by atoms with Crippen LogP contribution in [0.2, 0.25) is 0 Å². The molecule has 5 rings (SSSR count). The van der Waals surface area contributed by atoms with Crippen molar-refractivity contribution < 1.29 is 4.79 Å². The van der Waals surface area contributed by atoms with Gasteiger partial charge in [0.15, 0.2) is 5.69 Å². The molecule has 25 heavy (non-hydrogen) atoms. The molecule has 1 amide bonds. The lowest BCUT2D eigenvalue weighted by molar-refractivity contribution is 0.102. The molecule has 0 unspecified atom stereocenters. The first kappa shape index (κ1) is 16.1. The second-order valence-electron chi connectivity index (χ2n) is 6.52. The summed E-state index contributed by atoms with van der Waals surface area (Å²) >= 11 is 0. The summed E-state index contributed by atoms with van der Waals surface area (Å²) in [5, 5.41) is 16.1. The number of amides is 1. The average molecular weight is 355 g/mol. The van der Waals surface area contributed by atoms with Crippen LogP contribution in [0.3, 0.4) is 0 Å². The van der Waals surface area contributed by atoms with Gasteiger partial charge in [0, 0.05) is 41.8 Å². The summed E-state index contributed by atoms with van der Waals surface area (Å²) in [5.41, 5.74) is 6.17. The van der Waals surface area contributed by atoms with Crippen LogP contribution < -0.4 is 10.6 Å². The monoisotopic (exact) mass is 354 g/mol. The van der Waals surface area contributed by atoms with Crippen LogP contribution in [0.4, 0.5) is 5.69 Å². The van der Waals surface area contributed by atoms with Crippen molar-refractivity contribution in [1.82, 2.24) is 15.5 Å². The Morgan fingerprint density at radius 1 is 1.08 bits per heavy atom. The van der Waals surface area contributed by atoms with E-state index in [1.54, 1.807) is 0 Å². The lowest BCUT2D eigenvalue weighted by Gasteiger charge is -2.13. The Morgan fingerprint density at radius 2 is 1.92 bits per heavy atom. The van der Waals surface area contributed by atoms with Gasteiger partial charge in [-0.15, -0.1) is 12.4 Å². The van der Waals surface area contributed by atoms with Gasteiger partial charge in [-0.3, -0.25) is 9.89 Å². The summed E-state index contributed by atoms with van der Waals surface area (Å²) in [6.45, 7) is 1.61. The maximum Gasteiger partial charge on any atom is 0.276 e. The molecule has 128 valence electrons. The Morgan fingerprint density at radius 3 is 2.80 bits per heavy atom. The van der Waals surface area contributed by atoms with Crippen LogP contribution in [0.25, 0.3) is 10.8 Å². The zero-order valence-electron chi connectivity index (χ0n) is 13.7. The first-order valence-corrected chi connectivity index (χ1v) is 8.43. The van der Waals surface area contributed by atoms with Crippen LogP contribution in [0.1, 0.15) is 32.9 Å². The molecule has 1 aliphatic carbocycles. The third-order valence-corrected chi connectivity index (χ3v) is 5.15. The highest BCUT2D eigenvalue weighted by Crippen LogP contribution is 2.35. The number of fused-ring (bicyclic) bond motifs is 1. The van der Waals surface area contributed by atoms with Gasteiger partial charge in [0.1, 0.15) is 0 Å². The lowest BCUT2D eigenvalue weighted by atomic mass is 10.0. The van der Waals surface area contributed by atoms with Gasteiger partial charge in [0.2, 0.25) is 0 Å². The SMILES string of the molecule is Cl.O=C(Nc1ccc2c3c(cccc13)CC2)c1n[nH]c2c1CNCC2. The van der Waals surface area contributed by atoms with E-state index in [1.165, 1.54) is 16.5 Å². The van der Waals surface area contributed by atoms with Crippen molar-refractivity contribution in [2.24, 2.45) is 0 Å². The molecule has 2 heterocycles. The van der Waals surface area contributed by atoms with Gasteiger partial charge < -0.3 is 10.6 Å². The standard InChI is InChI=1S/C19H18N4O.ClH/c24-19(18-14-10-20-9-8-16(14)22-23-18)21-15-7-6-12-5-4-11-2-1-3-13(15)17(11)12;/h1-3,6-7,20H,4-5,8-10H2,(H,21,24)(H,22,23);1H. The molecule has 0 fully saturated rings. The van der Waals surface area contributed by atoms with Crippen molar-refractivity contribution in [2.75, 3.05) is 11.9 Å². The largest absolute Gasteiger partial charge is 0.320 e. The van der Waals surface area contributed by atoms with Crippen molar-refractivity contribution in [3.8, 4) is 0 Å². The number of hydrogen-bond donors (Lipinski definition) is 3. The molecular formula is C19H19ClN4O. The van der Waals surface area contributed by atoms with E-state index in [4.69, 9.17) is 0 Å². The molecule has 0 bridgehead atoms. The quantitative estimate of drug-likeness (QED) is 0.662. The maximum absolute atomic E-state index is 12.8. The number of nitrogens with zero attached hydrogens (tertiary/aromatic N) is 1. The van der Waals surface area contributed by atoms with E-state index < -0.39 is 0 Å². The highest BCUT2D eigenvalue weighted by molar-refractivity contribution is 6.10. The number of nitrogens with one attached hydrogen (secondary N) is 3. The van der Waals surface area contributed by atoms with Crippen molar-refractivity contribution in [2.45, 2.75) is 25.8 Å². The molecule has 6 heteroatoms. The molecule has 0 saturated heterocycles. The molecule has 0 spiro atoms. The third kappa shape index (κ3) is 2.51. The molecule has 0 saturated carbocycles. The number of aromatic nitrogens is 2. The van der Waals surface area contributed by atoms with Crippen LogP contribution in [0.5, 0.6) is 0 Å². The lowest BCUT2D eigenvalue weighted by Crippen LogP contribution is -2.25. The van der Waals surface area contributed by atoms with E-state index in [1.807, 2.05) is 6.07 Å². The Kier molecular flexibility index (Phi) is 3.98. The minimum atomic E-state index is -0.144. The summed E-state index contributed by atoms with van der Waals surface area (Å²) in [6.07, 6.45) is 3.06. The number of rotatable bonds is 2. The second kappa shape index (κ2) is 6.17. The van der Waals surface area contributed by atoms with E-state index in [-0.39, 0.29) is 18.3 Å². The van der Waals surface area contributed by atoms with Crippen molar-refractivity contribution in [3.05, 3.63) is 58.4 Å². The highest BCUT2D eigenvalue weighted by Gasteiger charge is 2.23. The summed E-state index contributed by atoms with van der Waals surface area (Å²) < 4.78 is 0. The van der Waals surface area contributed by atoms with Gasteiger partial charge in [-0.25, -0.2) is 0 Å². The Labute approximate surface area is 151 Å². The molecule has 1 aromatic heterocycles. The van der Waals surface area contributed by atoms with Crippen LogP contribution in [-0.2, 0) is 25.8 Å². The van der Waals surface area contributed by atoms with Crippen molar-refractivity contribution in [3.63, 3.8) is 0 Å². The number of benzene rings is 2. The maximum atomic E-state index is 12.8. The first-order valence-electron chi connectivity index (χ1n) is 8.43. The van der Waals surface area contributed by atoms with Gasteiger partial charge in [-0.2, -0.15) is 5.10 Å². The Balaban J connectivity index is 0.00000157. The Hall–Kier alpha value is -2.37. The smallest absolute Gasteiger partial charge is 0.276 e. The topological polar surface area (TPSA) is 69.8 Å². The van der Waals surface area contributed by atoms with Crippen LogP contribution >= 0.6 is 12.4 Å². The summed E-state index contributed by atoms with van der Waals surface area (Å²) in [7, 11) is 0. The summed E-state index contributed by atoms with van der Waals surface area (Å²) in [5.74, 6) is -0.144. The van der Waals surface area contributed by atoms with Gasteiger partial charge in [-0.1, -0.05) is 24.3 Å². The van der Waals surface area contributed by atoms with E-state index in [0.29, 0.717) is 12.2 Å².